The van der Waals surface area contributed by atoms with Gasteiger partial charge in [-0.2, -0.15) is 0 Å². The molecule has 0 bridgehead atoms. The molecule has 124 valence electrons. The summed E-state index contributed by atoms with van der Waals surface area (Å²) in [6.07, 6.45) is 16.3. The van der Waals surface area contributed by atoms with Crippen molar-refractivity contribution in [2.45, 2.75) is 90.1 Å². The summed E-state index contributed by atoms with van der Waals surface area (Å²) in [7, 11) is 0. The van der Waals surface area contributed by atoms with Crippen LogP contribution in [0.25, 0.3) is 0 Å². The molecule has 0 unspecified atom stereocenters. The maximum atomic E-state index is 6.26. The summed E-state index contributed by atoms with van der Waals surface area (Å²) in [5.41, 5.74) is 1.52. The van der Waals surface area contributed by atoms with Gasteiger partial charge in [0.1, 0.15) is 0 Å². The van der Waals surface area contributed by atoms with Crippen LogP contribution in [-0.4, -0.2) is 12.2 Å². The fourth-order valence-electron chi connectivity index (χ4n) is 8.38. The predicted octanol–water partition coefficient (Wildman–Crippen LogP) is 5.58. The van der Waals surface area contributed by atoms with Gasteiger partial charge in [-0.25, -0.2) is 0 Å². The first kappa shape index (κ1) is 14.3. The van der Waals surface area contributed by atoms with Crippen LogP contribution in [0.4, 0.5) is 0 Å². The molecule has 0 N–H and O–H groups in total. The van der Waals surface area contributed by atoms with Gasteiger partial charge in [0.15, 0.2) is 0 Å². The Morgan fingerprint density at radius 3 is 2.36 bits per heavy atom. The molecule has 22 heavy (non-hydrogen) atoms. The van der Waals surface area contributed by atoms with Crippen LogP contribution in [0.15, 0.2) is 0 Å². The highest BCUT2D eigenvalue weighted by atomic mass is 16.5. The molecule has 0 radical (unpaired) electrons. The van der Waals surface area contributed by atoms with Crippen molar-refractivity contribution in [3.05, 3.63) is 0 Å². The lowest BCUT2D eigenvalue weighted by molar-refractivity contribution is -0.231. The van der Waals surface area contributed by atoms with E-state index in [2.05, 4.69) is 13.8 Å². The van der Waals surface area contributed by atoms with Gasteiger partial charge in [0.25, 0.3) is 0 Å². The molecule has 1 aliphatic heterocycles. The molecule has 1 heteroatoms. The monoisotopic (exact) mass is 302 g/mol. The molecule has 4 aliphatic carbocycles. The Morgan fingerprint density at radius 1 is 0.773 bits per heavy atom. The molecular formula is C21H34O. The summed E-state index contributed by atoms with van der Waals surface area (Å²) in [5.74, 6) is 4.11. The van der Waals surface area contributed by atoms with Gasteiger partial charge in [-0.15, -0.1) is 0 Å². The number of hydrogen-bond donors (Lipinski definition) is 0. The first-order chi connectivity index (χ1) is 10.6. The highest BCUT2D eigenvalue weighted by Gasteiger charge is 2.66. The van der Waals surface area contributed by atoms with E-state index in [-0.39, 0.29) is 0 Å². The van der Waals surface area contributed by atoms with Crippen LogP contribution in [0, 0.1) is 34.5 Å². The molecule has 0 aromatic rings. The Balaban J connectivity index is 1.47. The fourth-order valence-corrected chi connectivity index (χ4v) is 8.38. The zero-order valence-corrected chi connectivity index (χ0v) is 14.7. The van der Waals surface area contributed by atoms with Crippen molar-refractivity contribution in [2.24, 2.45) is 34.5 Å². The molecule has 1 saturated heterocycles. The third kappa shape index (κ3) is 1.55. The van der Waals surface area contributed by atoms with Gasteiger partial charge >= 0.3 is 0 Å². The van der Waals surface area contributed by atoms with Gasteiger partial charge in [0.2, 0.25) is 0 Å². The Bertz CT molecular complexity index is 465. The summed E-state index contributed by atoms with van der Waals surface area (Å²) in [6.45, 7) is 6.35. The van der Waals surface area contributed by atoms with Gasteiger partial charge in [0, 0.05) is 6.42 Å². The normalized spacial score (nSPS) is 60.3. The summed E-state index contributed by atoms with van der Waals surface area (Å²) < 4.78 is 6.26. The van der Waals surface area contributed by atoms with Crippen LogP contribution < -0.4 is 0 Å². The third-order valence-corrected chi connectivity index (χ3v) is 9.76. The van der Waals surface area contributed by atoms with Crippen molar-refractivity contribution >= 4 is 0 Å². The van der Waals surface area contributed by atoms with E-state index in [0.29, 0.717) is 16.4 Å². The van der Waals surface area contributed by atoms with Crippen molar-refractivity contribution in [2.75, 3.05) is 6.61 Å². The Hall–Kier alpha value is -0.0400. The van der Waals surface area contributed by atoms with E-state index in [9.17, 15) is 0 Å². The predicted molar refractivity (Wildman–Crippen MR) is 89.6 cm³/mol. The lowest BCUT2D eigenvalue weighted by atomic mass is 9.44. The van der Waals surface area contributed by atoms with E-state index in [1.807, 2.05) is 0 Å². The van der Waals surface area contributed by atoms with E-state index >= 15 is 0 Å². The zero-order valence-electron chi connectivity index (χ0n) is 14.7. The van der Waals surface area contributed by atoms with Crippen LogP contribution in [0.3, 0.4) is 0 Å². The molecule has 5 aliphatic rings. The number of hydrogen-bond acceptors (Lipinski definition) is 1. The number of ether oxygens (including phenoxy) is 1. The summed E-state index contributed by atoms with van der Waals surface area (Å²) in [6, 6.07) is 0. The minimum absolute atomic E-state index is 0.312. The second-order valence-electron chi connectivity index (χ2n) is 9.99. The summed E-state index contributed by atoms with van der Waals surface area (Å²) >= 11 is 0. The quantitative estimate of drug-likeness (QED) is 0.567. The van der Waals surface area contributed by atoms with Gasteiger partial charge < -0.3 is 4.74 Å². The highest BCUT2D eigenvalue weighted by Crippen LogP contribution is 2.70. The van der Waals surface area contributed by atoms with Crippen molar-refractivity contribution in [3.8, 4) is 0 Å². The van der Waals surface area contributed by atoms with Crippen LogP contribution in [-0.2, 0) is 4.74 Å². The molecule has 7 atom stereocenters. The van der Waals surface area contributed by atoms with Gasteiger partial charge in [-0.3, -0.25) is 0 Å². The van der Waals surface area contributed by atoms with Crippen LogP contribution in [0.5, 0.6) is 0 Å². The van der Waals surface area contributed by atoms with Gasteiger partial charge in [0.05, 0.1) is 12.2 Å². The largest absolute Gasteiger partial charge is 0.374 e. The van der Waals surface area contributed by atoms with Crippen molar-refractivity contribution in [3.63, 3.8) is 0 Å². The van der Waals surface area contributed by atoms with E-state index in [1.54, 1.807) is 6.42 Å². The van der Waals surface area contributed by atoms with Crippen LogP contribution >= 0.6 is 0 Å². The topological polar surface area (TPSA) is 9.23 Å². The molecule has 4 saturated carbocycles. The second kappa shape index (κ2) is 4.52. The molecule has 5 rings (SSSR count). The molecule has 1 spiro atoms. The van der Waals surface area contributed by atoms with E-state index < -0.39 is 0 Å². The average Bonchev–Trinajstić information content (AvgIpc) is 2.79. The minimum atomic E-state index is 0.312. The lowest BCUT2D eigenvalue weighted by Crippen LogP contribution is -2.59. The van der Waals surface area contributed by atoms with Crippen molar-refractivity contribution in [1.82, 2.24) is 0 Å². The van der Waals surface area contributed by atoms with E-state index in [0.717, 1.165) is 30.3 Å². The zero-order chi connectivity index (χ0) is 15.0. The molecule has 5 fully saturated rings. The maximum Gasteiger partial charge on any atom is 0.0760 e. The van der Waals surface area contributed by atoms with Gasteiger partial charge in [-0.05, 0) is 85.9 Å². The first-order valence-corrected chi connectivity index (χ1v) is 10.2. The molecule has 1 heterocycles. The van der Waals surface area contributed by atoms with Crippen LogP contribution in [0.2, 0.25) is 0 Å². The maximum absolute atomic E-state index is 6.26. The van der Waals surface area contributed by atoms with Crippen molar-refractivity contribution < 1.29 is 4.74 Å². The summed E-state index contributed by atoms with van der Waals surface area (Å²) in [4.78, 5) is 0. The Morgan fingerprint density at radius 2 is 1.59 bits per heavy atom. The second-order valence-corrected chi connectivity index (χ2v) is 9.99. The lowest BCUT2D eigenvalue weighted by Gasteiger charge is -2.63. The van der Waals surface area contributed by atoms with Gasteiger partial charge in [-0.1, -0.05) is 26.7 Å². The molecule has 1 nitrogen and oxygen atoms in total. The third-order valence-electron chi connectivity index (χ3n) is 9.76. The average molecular weight is 303 g/mol. The molecule has 0 amide bonds. The fraction of sp³-hybridized carbons (Fsp3) is 1.00. The minimum Gasteiger partial charge on any atom is -0.374 e. The molecule has 0 aromatic heterocycles. The van der Waals surface area contributed by atoms with E-state index in [1.165, 1.54) is 64.2 Å². The van der Waals surface area contributed by atoms with Crippen molar-refractivity contribution in [1.29, 1.82) is 0 Å². The highest BCUT2D eigenvalue weighted by molar-refractivity contribution is 5.16. The smallest absolute Gasteiger partial charge is 0.0760 e. The number of rotatable bonds is 0. The molecule has 0 aromatic carbocycles. The first-order valence-electron chi connectivity index (χ1n) is 10.2. The molecular weight excluding hydrogens is 268 g/mol. The standard InChI is InChI=1S/C21H34O/c1-19-10-4-3-5-15(19)6-7-16-17(19)8-11-20(2)18(16)9-12-21(20)13-14-22-21/h15-18H,3-14H2,1-2H3/t15-,16+,17-,18-,19-,20-,21+/m0/s1. The Labute approximate surface area is 136 Å². The Kier molecular flexibility index (Phi) is 2.94. The summed E-state index contributed by atoms with van der Waals surface area (Å²) in [5, 5.41) is 0. The SMILES string of the molecule is C[C@]12CCCC[C@H]1CC[C@@H]1[C@@H]2CC[C@@]2(C)[C@H]1CC[C@@]21CCO1. The van der Waals surface area contributed by atoms with Crippen LogP contribution in [0.1, 0.15) is 84.5 Å². The van der Waals surface area contributed by atoms with E-state index in [4.69, 9.17) is 4.74 Å². The number of fused-ring (bicyclic) bond motifs is 6.